The fourth-order valence-electron chi connectivity index (χ4n) is 4.74. The molecule has 3 rings (SSSR count). The fraction of sp³-hybridized carbons (Fsp3) is 0.696. The van der Waals surface area contributed by atoms with Gasteiger partial charge in [-0.2, -0.15) is 13.2 Å². The summed E-state index contributed by atoms with van der Waals surface area (Å²) in [5.74, 6) is 0.663. The average Bonchev–Trinajstić information content (AvgIpc) is 3.19. The summed E-state index contributed by atoms with van der Waals surface area (Å²) in [5.41, 5.74) is 0.122. The molecule has 4 nitrogen and oxygen atoms in total. The first-order chi connectivity index (χ1) is 14.3. The topological polar surface area (TPSA) is 35.6 Å². The Morgan fingerprint density at radius 1 is 1.17 bits per heavy atom. The van der Waals surface area contributed by atoms with Crippen molar-refractivity contribution in [2.24, 2.45) is 5.92 Å². The van der Waals surface area contributed by atoms with Gasteiger partial charge in [-0.25, -0.2) is 0 Å². The summed E-state index contributed by atoms with van der Waals surface area (Å²) in [5, 5.41) is 3.10. The number of likely N-dealkylation sites (tertiary alicyclic amines) is 2. The first-order valence-corrected chi connectivity index (χ1v) is 11.2. The van der Waals surface area contributed by atoms with Gasteiger partial charge in [-0.3, -0.25) is 14.6 Å². The predicted molar refractivity (Wildman–Crippen MR) is 112 cm³/mol. The minimum absolute atomic E-state index is 0.143. The van der Waals surface area contributed by atoms with E-state index in [1.54, 1.807) is 6.07 Å². The summed E-state index contributed by atoms with van der Waals surface area (Å²) in [6.45, 7) is 7.38. The van der Waals surface area contributed by atoms with E-state index in [4.69, 9.17) is 0 Å². The number of likely N-dealkylation sites (N-methyl/N-ethyl adjacent to an activating group) is 1. The highest BCUT2D eigenvalue weighted by Gasteiger charge is 2.30. The molecule has 1 aromatic carbocycles. The Morgan fingerprint density at radius 2 is 1.93 bits per heavy atom. The number of amides is 1. The van der Waals surface area contributed by atoms with E-state index in [0.29, 0.717) is 30.5 Å². The second kappa shape index (κ2) is 10.6. The standard InChI is InChI=1S/C23H34F3N3O/c1-2-29-12-4-7-21(29)16-27-22(30)9-8-18-10-13-28(14-11-18)17-19-5-3-6-20(15-19)23(24,25)26/h3,5-6,15,18,21H,2,4,7-14,16-17H2,1H3,(H,27,30)/t21-/m0/s1. The van der Waals surface area contributed by atoms with Crippen molar-refractivity contribution in [3.8, 4) is 0 Å². The fourth-order valence-corrected chi connectivity index (χ4v) is 4.74. The molecule has 168 valence electrons. The number of carbonyl (C=O) groups excluding carboxylic acids is 1. The molecule has 1 amide bonds. The Hall–Kier alpha value is -1.60. The zero-order chi connectivity index (χ0) is 21.6. The van der Waals surface area contributed by atoms with Crippen LogP contribution in [0.5, 0.6) is 0 Å². The molecule has 0 radical (unpaired) electrons. The first-order valence-electron chi connectivity index (χ1n) is 11.2. The smallest absolute Gasteiger partial charge is 0.355 e. The van der Waals surface area contributed by atoms with Crippen LogP contribution < -0.4 is 5.32 Å². The largest absolute Gasteiger partial charge is 0.416 e. The molecule has 2 saturated heterocycles. The number of alkyl halides is 3. The summed E-state index contributed by atoms with van der Waals surface area (Å²) in [6, 6.07) is 6.09. The molecule has 0 bridgehead atoms. The molecule has 1 atom stereocenters. The Kier molecular flexibility index (Phi) is 8.17. The molecular formula is C23H34F3N3O. The molecule has 0 aromatic heterocycles. The zero-order valence-electron chi connectivity index (χ0n) is 17.9. The van der Waals surface area contributed by atoms with E-state index in [0.717, 1.165) is 58.1 Å². The lowest BCUT2D eigenvalue weighted by atomic mass is 9.91. The van der Waals surface area contributed by atoms with Gasteiger partial charge in [0.25, 0.3) is 0 Å². The van der Waals surface area contributed by atoms with E-state index < -0.39 is 11.7 Å². The van der Waals surface area contributed by atoms with Crippen LogP contribution in [0.25, 0.3) is 0 Å². The number of benzene rings is 1. The summed E-state index contributed by atoms with van der Waals surface area (Å²) >= 11 is 0. The second-order valence-electron chi connectivity index (χ2n) is 8.69. The maximum Gasteiger partial charge on any atom is 0.416 e. The molecule has 2 aliphatic heterocycles. The van der Waals surface area contributed by atoms with Crippen LogP contribution in [0.4, 0.5) is 13.2 Å². The van der Waals surface area contributed by atoms with Gasteiger partial charge in [-0.1, -0.05) is 25.1 Å². The van der Waals surface area contributed by atoms with Crippen LogP contribution in [-0.4, -0.2) is 54.5 Å². The van der Waals surface area contributed by atoms with Crippen molar-refractivity contribution in [1.82, 2.24) is 15.1 Å². The van der Waals surface area contributed by atoms with E-state index in [9.17, 15) is 18.0 Å². The van der Waals surface area contributed by atoms with Crippen LogP contribution in [0.3, 0.4) is 0 Å². The molecule has 2 heterocycles. The van der Waals surface area contributed by atoms with E-state index in [1.165, 1.54) is 25.0 Å². The molecule has 2 fully saturated rings. The molecule has 0 unspecified atom stereocenters. The van der Waals surface area contributed by atoms with Gasteiger partial charge in [0.1, 0.15) is 0 Å². The van der Waals surface area contributed by atoms with E-state index in [1.807, 2.05) is 0 Å². The maximum absolute atomic E-state index is 12.9. The minimum Gasteiger partial charge on any atom is -0.355 e. The maximum atomic E-state index is 12.9. The summed E-state index contributed by atoms with van der Waals surface area (Å²) in [6.07, 6.45) is 1.54. The number of rotatable bonds is 8. The lowest BCUT2D eigenvalue weighted by Gasteiger charge is -2.32. The van der Waals surface area contributed by atoms with Gasteiger partial charge in [0.05, 0.1) is 5.56 Å². The average molecular weight is 426 g/mol. The summed E-state index contributed by atoms with van der Waals surface area (Å²) < 4.78 is 38.6. The number of piperidine rings is 1. The van der Waals surface area contributed by atoms with Crippen molar-refractivity contribution >= 4 is 5.91 Å². The number of hydrogen-bond acceptors (Lipinski definition) is 3. The van der Waals surface area contributed by atoms with Crippen molar-refractivity contribution in [3.63, 3.8) is 0 Å². The van der Waals surface area contributed by atoms with Gasteiger partial charge in [0.15, 0.2) is 0 Å². The highest BCUT2D eigenvalue weighted by Crippen LogP contribution is 2.30. The van der Waals surface area contributed by atoms with Crippen molar-refractivity contribution in [1.29, 1.82) is 0 Å². The number of nitrogens with one attached hydrogen (secondary N) is 1. The Bertz CT molecular complexity index is 687. The molecule has 1 aromatic rings. The third kappa shape index (κ3) is 6.71. The lowest BCUT2D eigenvalue weighted by Crippen LogP contribution is -2.40. The number of halogens is 3. The van der Waals surface area contributed by atoms with Crippen LogP contribution in [0.15, 0.2) is 24.3 Å². The van der Waals surface area contributed by atoms with Crippen molar-refractivity contribution in [3.05, 3.63) is 35.4 Å². The van der Waals surface area contributed by atoms with E-state index in [2.05, 4.69) is 22.0 Å². The number of carbonyl (C=O) groups is 1. The number of hydrogen-bond donors (Lipinski definition) is 1. The minimum atomic E-state index is -4.30. The third-order valence-corrected chi connectivity index (χ3v) is 6.59. The molecule has 7 heteroatoms. The molecule has 0 saturated carbocycles. The van der Waals surface area contributed by atoms with Gasteiger partial charge < -0.3 is 5.32 Å². The van der Waals surface area contributed by atoms with Gasteiger partial charge in [-0.05, 0) is 75.8 Å². The highest BCUT2D eigenvalue weighted by molar-refractivity contribution is 5.75. The first kappa shape index (κ1) is 23.1. The van der Waals surface area contributed by atoms with Gasteiger partial charge in [0, 0.05) is 25.6 Å². The second-order valence-corrected chi connectivity index (χ2v) is 8.69. The van der Waals surface area contributed by atoms with Crippen LogP contribution in [0, 0.1) is 5.92 Å². The zero-order valence-corrected chi connectivity index (χ0v) is 17.9. The Morgan fingerprint density at radius 3 is 2.63 bits per heavy atom. The third-order valence-electron chi connectivity index (χ3n) is 6.59. The quantitative estimate of drug-likeness (QED) is 0.675. The van der Waals surface area contributed by atoms with Crippen molar-refractivity contribution < 1.29 is 18.0 Å². The summed E-state index contributed by atoms with van der Waals surface area (Å²) in [7, 11) is 0. The predicted octanol–water partition coefficient (Wildman–Crippen LogP) is 4.30. The van der Waals surface area contributed by atoms with Crippen LogP contribution >= 0.6 is 0 Å². The molecule has 0 aliphatic carbocycles. The van der Waals surface area contributed by atoms with E-state index >= 15 is 0 Å². The monoisotopic (exact) mass is 425 g/mol. The Labute approximate surface area is 177 Å². The van der Waals surface area contributed by atoms with Crippen LogP contribution in [-0.2, 0) is 17.5 Å². The van der Waals surface area contributed by atoms with Crippen molar-refractivity contribution in [2.75, 3.05) is 32.7 Å². The van der Waals surface area contributed by atoms with Crippen LogP contribution in [0.1, 0.15) is 56.6 Å². The molecule has 0 spiro atoms. The summed E-state index contributed by atoms with van der Waals surface area (Å²) in [4.78, 5) is 16.9. The van der Waals surface area contributed by atoms with Gasteiger partial charge in [-0.15, -0.1) is 0 Å². The Balaban J connectivity index is 1.34. The van der Waals surface area contributed by atoms with Crippen molar-refractivity contribution in [2.45, 2.75) is 64.2 Å². The molecule has 30 heavy (non-hydrogen) atoms. The van der Waals surface area contributed by atoms with Gasteiger partial charge in [0.2, 0.25) is 5.91 Å². The lowest BCUT2D eigenvalue weighted by molar-refractivity contribution is -0.137. The molecule has 1 N–H and O–H groups in total. The molecular weight excluding hydrogens is 391 g/mol. The number of nitrogens with zero attached hydrogens (tertiary/aromatic N) is 2. The SMILES string of the molecule is CCN1CCC[C@H]1CNC(=O)CCC1CCN(Cc2cccc(C(F)(F)F)c2)CC1. The van der Waals surface area contributed by atoms with E-state index in [-0.39, 0.29) is 5.91 Å². The van der Waals surface area contributed by atoms with Crippen LogP contribution in [0.2, 0.25) is 0 Å². The van der Waals surface area contributed by atoms with Gasteiger partial charge >= 0.3 is 6.18 Å². The molecule has 2 aliphatic rings. The normalized spacial score (nSPS) is 21.8. The highest BCUT2D eigenvalue weighted by atomic mass is 19.4.